The van der Waals surface area contributed by atoms with Gasteiger partial charge in [-0.05, 0) is 32.0 Å². The molecule has 1 amide bonds. The van der Waals surface area contributed by atoms with Crippen LogP contribution in [0.2, 0.25) is 0 Å². The molecule has 0 spiro atoms. The molecule has 30 heavy (non-hydrogen) atoms. The fourth-order valence-corrected chi connectivity index (χ4v) is 2.83. The minimum Gasteiger partial charge on any atom is -0.462 e. The van der Waals surface area contributed by atoms with Crippen LogP contribution < -0.4 is 5.32 Å². The summed E-state index contributed by atoms with van der Waals surface area (Å²) in [6, 6.07) is 10.4. The second kappa shape index (κ2) is 8.95. The minimum atomic E-state index is -0.740. The summed E-state index contributed by atoms with van der Waals surface area (Å²) in [5, 5.41) is 21.9. The standard InChI is InChI=1S/C20H19N5O5/c1-3-24-12-21-23-18(24)13-6-5-7-16(9-13)22-19(26)14-8-15(20(27)30-4-2)11-17(10-14)25(28)29/h5-12H,3-4H2,1-2H3,(H,22,26). The number of nitro benzene ring substituents is 1. The summed E-state index contributed by atoms with van der Waals surface area (Å²) in [6.07, 6.45) is 1.61. The number of aryl methyl sites for hydroxylation is 1. The Morgan fingerprint density at radius 2 is 1.93 bits per heavy atom. The summed E-state index contributed by atoms with van der Waals surface area (Å²) in [5.41, 5.74) is 0.733. The number of carbonyl (C=O) groups is 2. The molecule has 0 radical (unpaired) electrons. The monoisotopic (exact) mass is 409 g/mol. The predicted octanol–water partition coefficient (Wildman–Crippen LogP) is 3.30. The number of ether oxygens (including phenoxy) is 1. The molecule has 3 aromatic rings. The van der Waals surface area contributed by atoms with E-state index in [4.69, 9.17) is 4.74 Å². The molecule has 0 atom stereocenters. The molecular formula is C20H19N5O5. The fourth-order valence-electron chi connectivity index (χ4n) is 2.83. The van der Waals surface area contributed by atoms with Crippen molar-refractivity contribution in [2.45, 2.75) is 20.4 Å². The molecule has 0 fully saturated rings. The molecule has 0 saturated carbocycles. The zero-order chi connectivity index (χ0) is 21.7. The summed E-state index contributed by atoms with van der Waals surface area (Å²) in [5.74, 6) is -0.692. The molecule has 0 unspecified atom stereocenters. The van der Waals surface area contributed by atoms with Crippen LogP contribution in [-0.4, -0.2) is 38.2 Å². The van der Waals surface area contributed by atoms with Crippen LogP contribution in [0.3, 0.4) is 0 Å². The number of nitrogens with zero attached hydrogens (tertiary/aromatic N) is 4. The first-order valence-electron chi connectivity index (χ1n) is 9.19. The maximum absolute atomic E-state index is 12.7. The molecule has 0 saturated heterocycles. The number of hydrogen-bond acceptors (Lipinski definition) is 7. The summed E-state index contributed by atoms with van der Waals surface area (Å²) < 4.78 is 6.74. The SMILES string of the molecule is CCOC(=O)c1cc(C(=O)Nc2cccc(-c3nncn3CC)c2)cc([N+](=O)[O-])c1. The average molecular weight is 409 g/mol. The van der Waals surface area contributed by atoms with Crippen molar-refractivity contribution in [3.8, 4) is 11.4 Å². The second-order valence-corrected chi connectivity index (χ2v) is 6.22. The normalized spacial score (nSPS) is 10.5. The predicted molar refractivity (Wildman–Crippen MR) is 108 cm³/mol. The smallest absolute Gasteiger partial charge is 0.338 e. The minimum absolute atomic E-state index is 0.0330. The summed E-state index contributed by atoms with van der Waals surface area (Å²) >= 11 is 0. The maximum Gasteiger partial charge on any atom is 0.338 e. The topological polar surface area (TPSA) is 129 Å². The van der Waals surface area contributed by atoms with E-state index in [0.717, 1.165) is 17.7 Å². The molecule has 3 rings (SSSR count). The molecule has 0 aliphatic carbocycles. The number of aromatic nitrogens is 3. The first-order chi connectivity index (χ1) is 14.4. The number of carbonyl (C=O) groups excluding carboxylic acids is 2. The Morgan fingerprint density at radius 1 is 1.17 bits per heavy atom. The van der Waals surface area contributed by atoms with E-state index in [1.807, 2.05) is 17.6 Å². The van der Waals surface area contributed by atoms with E-state index < -0.39 is 16.8 Å². The van der Waals surface area contributed by atoms with Gasteiger partial charge >= 0.3 is 5.97 Å². The number of amides is 1. The van der Waals surface area contributed by atoms with Gasteiger partial charge in [-0.15, -0.1) is 10.2 Å². The molecule has 0 bridgehead atoms. The first-order valence-corrected chi connectivity index (χ1v) is 9.19. The van der Waals surface area contributed by atoms with Crippen LogP contribution >= 0.6 is 0 Å². The van der Waals surface area contributed by atoms with E-state index in [9.17, 15) is 19.7 Å². The molecule has 10 heteroatoms. The molecule has 154 valence electrons. The van der Waals surface area contributed by atoms with Crippen molar-refractivity contribution < 1.29 is 19.2 Å². The van der Waals surface area contributed by atoms with Gasteiger partial charge in [-0.1, -0.05) is 12.1 Å². The lowest BCUT2D eigenvalue weighted by Crippen LogP contribution is -2.14. The summed E-state index contributed by atoms with van der Waals surface area (Å²) in [7, 11) is 0. The molecule has 1 aromatic heterocycles. The number of non-ortho nitro benzene ring substituents is 1. The zero-order valence-electron chi connectivity index (χ0n) is 16.4. The third-order valence-electron chi connectivity index (χ3n) is 4.24. The number of rotatable bonds is 7. The van der Waals surface area contributed by atoms with E-state index in [2.05, 4.69) is 15.5 Å². The number of hydrogen-bond donors (Lipinski definition) is 1. The Morgan fingerprint density at radius 3 is 2.63 bits per heavy atom. The van der Waals surface area contributed by atoms with E-state index in [-0.39, 0.29) is 23.4 Å². The molecule has 1 N–H and O–H groups in total. The van der Waals surface area contributed by atoms with Gasteiger partial charge in [0.25, 0.3) is 11.6 Å². The van der Waals surface area contributed by atoms with Crippen LogP contribution in [0.4, 0.5) is 11.4 Å². The van der Waals surface area contributed by atoms with Gasteiger partial charge in [0.05, 0.1) is 17.1 Å². The zero-order valence-corrected chi connectivity index (χ0v) is 16.4. The quantitative estimate of drug-likeness (QED) is 0.360. The maximum atomic E-state index is 12.7. The Balaban J connectivity index is 1.90. The Kier molecular flexibility index (Phi) is 6.16. The van der Waals surface area contributed by atoms with Crippen LogP contribution in [0.1, 0.15) is 34.6 Å². The van der Waals surface area contributed by atoms with Crippen LogP contribution in [-0.2, 0) is 11.3 Å². The van der Waals surface area contributed by atoms with Crippen molar-refractivity contribution in [3.05, 3.63) is 70.0 Å². The second-order valence-electron chi connectivity index (χ2n) is 6.22. The van der Waals surface area contributed by atoms with Gasteiger partial charge in [-0.2, -0.15) is 0 Å². The lowest BCUT2D eigenvalue weighted by atomic mass is 10.1. The number of esters is 1. The van der Waals surface area contributed by atoms with Crippen LogP contribution in [0.5, 0.6) is 0 Å². The van der Waals surface area contributed by atoms with Crippen LogP contribution in [0.25, 0.3) is 11.4 Å². The van der Waals surface area contributed by atoms with Gasteiger partial charge in [0.1, 0.15) is 6.33 Å². The number of nitro groups is 1. The van der Waals surface area contributed by atoms with Gasteiger partial charge in [0, 0.05) is 35.5 Å². The van der Waals surface area contributed by atoms with Gasteiger partial charge in [0.15, 0.2) is 5.82 Å². The molecule has 0 aliphatic rings. The largest absolute Gasteiger partial charge is 0.462 e. The lowest BCUT2D eigenvalue weighted by molar-refractivity contribution is -0.384. The van der Waals surface area contributed by atoms with E-state index in [0.29, 0.717) is 18.1 Å². The lowest BCUT2D eigenvalue weighted by Gasteiger charge is -2.09. The Hall–Kier alpha value is -4.08. The molecular weight excluding hydrogens is 390 g/mol. The van der Waals surface area contributed by atoms with Crippen molar-refractivity contribution in [2.24, 2.45) is 0 Å². The van der Waals surface area contributed by atoms with Crippen molar-refractivity contribution in [1.29, 1.82) is 0 Å². The Bertz CT molecular complexity index is 1110. The summed E-state index contributed by atoms with van der Waals surface area (Å²) in [4.78, 5) is 35.3. The summed E-state index contributed by atoms with van der Waals surface area (Å²) in [6.45, 7) is 4.37. The molecule has 2 aromatic carbocycles. The number of nitrogens with one attached hydrogen (secondary N) is 1. The third kappa shape index (κ3) is 4.49. The van der Waals surface area contributed by atoms with E-state index in [1.54, 1.807) is 31.5 Å². The van der Waals surface area contributed by atoms with E-state index in [1.165, 1.54) is 6.07 Å². The van der Waals surface area contributed by atoms with Crippen LogP contribution in [0.15, 0.2) is 48.8 Å². The molecule has 10 nitrogen and oxygen atoms in total. The molecule has 1 heterocycles. The fraction of sp³-hybridized carbons (Fsp3) is 0.200. The third-order valence-corrected chi connectivity index (χ3v) is 4.24. The van der Waals surface area contributed by atoms with Crippen molar-refractivity contribution in [3.63, 3.8) is 0 Å². The van der Waals surface area contributed by atoms with Gasteiger partial charge in [-0.25, -0.2) is 4.79 Å². The molecule has 0 aliphatic heterocycles. The van der Waals surface area contributed by atoms with Crippen molar-refractivity contribution in [1.82, 2.24) is 14.8 Å². The highest BCUT2D eigenvalue weighted by Crippen LogP contribution is 2.23. The van der Waals surface area contributed by atoms with Crippen molar-refractivity contribution in [2.75, 3.05) is 11.9 Å². The van der Waals surface area contributed by atoms with Crippen LogP contribution in [0, 0.1) is 10.1 Å². The highest BCUT2D eigenvalue weighted by molar-refractivity contribution is 6.06. The van der Waals surface area contributed by atoms with E-state index >= 15 is 0 Å². The van der Waals surface area contributed by atoms with Gasteiger partial charge in [0.2, 0.25) is 0 Å². The van der Waals surface area contributed by atoms with Gasteiger partial charge in [-0.3, -0.25) is 14.9 Å². The van der Waals surface area contributed by atoms with Crippen molar-refractivity contribution >= 4 is 23.3 Å². The Labute approximate surface area is 171 Å². The highest BCUT2D eigenvalue weighted by Gasteiger charge is 2.19. The number of benzene rings is 2. The van der Waals surface area contributed by atoms with Gasteiger partial charge < -0.3 is 14.6 Å². The highest BCUT2D eigenvalue weighted by atomic mass is 16.6. The average Bonchev–Trinajstić information content (AvgIpc) is 3.22. The number of anilines is 1. The first kappa shape index (κ1) is 20.6.